The summed E-state index contributed by atoms with van der Waals surface area (Å²) in [5.74, 6) is -0.251. The Bertz CT molecular complexity index is 590. The van der Waals surface area contributed by atoms with Gasteiger partial charge < -0.3 is 15.5 Å². The molecule has 3 amide bonds. The lowest BCUT2D eigenvalue weighted by Crippen LogP contribution is -2.51. The van der Waals surface area contributed by atoms with Crippen LogP contribution in [0.5, 0.6) is 0 Å². The minimum atomic E-state index is -4.77. The zero-order valence-electron chi connectivity index (χ0n) is 12.5. The van der Waals surface area contributed by atoms with Crippen molar-refractivity contribution < 1.29 is 26.8 Å². The van der Waals surface area contributed by atoms with Crippen LogP contribution in [0.25, 0.3) is 0 Å². The van der Waals surface area contributed by atoms with Crippen molar-refractivity contribution in [2.45, 2.75) is 43.8 Å². The molecule has 3 fully saturated rings. The molecule has 0 aromatic rings. The average molecular weight is 348 g/mol. The third-order valence-electron chi connectivity index (χ3n) is 4.49. The van der Waals surface area contributed by atoms with E-state index in [0.717, 1.165) is 19.4 Å². The van der Waals surface area contributed by atoms with Crippen LogP contribution in [-0.2, 0) is 19.5 Å². The van der Waals surface area contributed by atoms with E-state index in [0.29, 0.717) is 24.4 Å². The second-order valence-electron chi connectivity index (χ2n) is 6.05. The van der Waals surface area contributed by atoms with Crippen LogP contribution in [0.15, 0.2) is 0 Å². The Morgan fingerprint density at radius 2 is 2.17 bits per heavy atom. The predicted molar refractivity (Wildman–Crippen MR) is 77.4 cm³/mol. The number of piperidine rings is 1. The summed E-state index contributed by atoms with van der Waals surface area (Å²) in [7, 11) is -4.77. The fourth-order valence-corrected chi connectivity index (χ4v) is 3.77. The van der Waals surface area contributed by atoms with Crippen LogP contribution in [-0.4, -0.2) is 72.6 Å². The van der Waals surface area contributed by atoms with Crippen molar-refractivity contribution in [1.82, 2.24) is 20.6 Å². The van der Waals surface area contributed by atoms with Gasteiger partial charge in [-0.2, -0.15) is 13.5 Å². The van der Waals surface area contributed by atoms with E-state index in [1.54, 1.807) is 0 Å². The molecule has 130 valence electrons. The normalized spacial score (nSPS) is 30.8. The lowest BCUT2D eigenvalue weighted by atomic mass is 10.0. The van der Waals surface area contributed by atoms with Gasteiger partial charge in [0.25, 0.3) is 0 Å². The first-order chi connectivity index (χ1) is 10.8. The standard InChI is InChI=1S/C12H20N4O6S/c17-11(14-6-8-2-1-5-13-8)10-4-3-9-7-15(10)12(18)16(9)22-23(19,20)21/h8-10,13H,1-7H2,(H,14,17)(H,19,20,21)/t8?,9-,10+/m1/s1. The lowest BCUT2D eigenvalue weighted by molar-refractivity contribution is -0.126. The molecule has 3 N–H and O–H groups in total. The van der Waals surface area contributed by atoms with E-state index in [1.165, 1.54) is 4.90 Å². The van der Waals surface area contributed by atoms with E-state index < -0.39 is 28.5 Å². The van der Waals surface area contributed by atoms with Gasteiger partial charge in [0.2, 0.25) is 5.91 Å². The Hall–Kier alpha value is -1.43. The second kappa shape index (κ2) is 6.23. The van der Waals surface area contributed by atoms with Gasteiger partial charge in [0.15, 0.2) is 0 Å². The molecule has 11 heteroatoms. The van der Waals surface area contributed by atoms with E-state index in [9.17, 15) is 18.0 Å². The quantitative estimate of drug-likeness (QED) is 0.536. The summed E-state index contributed by atoms with van der Waals surface area (Å²) in [6.07, 6.45) is 2.94. The lowest BCUT2D eigenvalue weighted by Gasteiger charge is -2.29. The van der Waals surface area contributed by atoms with Gasteiger partial charge in [-0.1, -0.05) is 0 Å². The Balaban J connectivity index is 1.60. The Kier molecular flexibility index (Phi) is 4.45. The minimum Gasteiger partial charge on any atom is -0.353 e. The number of hydrogen-bond donors (Lipinski definition) is 3. The number of hydrogen-bond acceptors (Lipinski definition) is 6. The third-order valence-corrected chi connectivity index (χ3v) is 4.83. The van der Waals surface area contributed by atoms with Gasteiger partial charge in [-0.15, -0.1) is 4.28 Å². The van der Waals surface area contributed by atoms with Gasteiger partial charge in [0, 0.05) is 19.1 Å². The van der Waals surface area contributed by atoms with Gasteiger partial charge in [-0.25, -0.2) is 4.79 Å². The predicted octanol–water partition coefficient (Wildman–Crippen LogP) is -1.14. The van der Waals surface area contributed by atoms with Gasteiger partial charge in [0.1, 0.15) is 6.04 Å². The number of urea groups is 1. The molecule has 3 aliphatic heterocycles. The number of amides is 3. The molecule has 1 unspecified atom stereocenters. The van der Waals surface area contributed by atoms with Crippen LogP contribution in [0, 0.1) is 0 Å². The molecule has 3 saturated heterocycles. The summed E-state index contributed by atoms with van der Waals surface area (Å²) in [5, 5.41) is 6.75. The van der Waals surface area contributed by atoms with Gasteiger partial charge in [0.05, 0.1) is 6.04 Å². The molecule has 3 aliphatic rings. The zero-order chi connectivity index (χ0) is 16.6. The monoisotopic (exact) mass is 348 g/mol. The Morgan fingerprint density at radius 1 is 1.39 bits per heavy atom. The molecule has 0 radical (unpaired) electrons. The second-order valence-corrected chi connectivity index (χ2v) is 7.05. The van der Waals surface area contributed by atoms with E-state index in [1.807, 2.05) is 0 Å². The summed E-state index contributed by atoms with van der Waals surface area (Å²) >= 11 is 0. The number of fused-ring (bicyclic) bond motifs is 2. The van der Waals surface area contributed by atoms with Crippen LogP contribution in [0.4, 0.5) is 4.79 Å². The van der Waals surface area contributed by atoms with Crippen molar-refractivity contribution in [3.63, 3.8) is 0 Å². The molecule has 0 saturated carbocycles. The summed E-state index contributed by atoms with van der Waals surface area (Å²) in [5.41, 5.74) is 0. The maximum atomic E-state index is 12.3. The van der Waals surface area contributed by atoms with Crippen LogP contribution in [0.2, 0.25) is 0 Å². The summed E-state index contributed by atoms with van der Waals surface area (Å²) in [6.45, 7) is 1.65. The SMILES string of the molecule is O=C(NCC1CCCN1)[C@@H]1CC[C@@H]2CN1C(=O)N2OS(=O)(=O)O. The molecule has 0 aliphatic carbocycles. The van der Waals surface area contributed by atoms with Crippen molar-refractivity contribution >= 4 is 22.3 Å². The molecule has 3 atom stereocenters. The molecule has 3 heterocycles. The first-order valence-corrected chi connectivity index (χ1v) is 8.99. The summed E-state index contributed by atoms with van der Waals surface area (Å²) in [6, 6.07) is -1.59. The number of carbonyl (C=O) groups excluding carboxylic acids is 2. The van der Waals surface area contributed by atoms with E-state index in [2.05, 4.69) is 14.9 Å². The molecule has 0 aromatic carbocycles. The molecule has 2 bridgehead atoms. The molecular formula is C12H20N4O6S. The van der Waals surface area contributed by atoms with Crippen LogP contribution >= 0.6 is 0 Å². The van der Waals surface area contributed by atoms with Crippen LogP contribution in [0.3, 0.4) is 0 Å². The fraction of sp³-hybridized carbons (Fsp3) is 0.833. The van der Waals surface area contributed by atoms with Gasteiger partial charge >= 0.3 is 16.4 Å². The molecule has 0 spiro atoms. The highest BCUT2D eigenvalue weighted by Gasteiger charge is 2.49. The van der Waals surface area contributed by atoms with Crippen molar-refractivity contribution in [3.8, 4) is 0 Å². The molecule has 0 aromatic heterocycles. The molecular weight excluding hydrogens is 328 g/mol. The highest BCUT2D eigenvalue weighted by molar-refractivity contribution is 7.80. The highest BCUT2D eigenvalue weighted by atomic mass is 32.3. The fourth-order valence-electron chi connectivity index (χ4n) is 3.38. The van der Waals surface area contributed by atoms with E-state index >= 15 is 0 Å². The molecule has 10 nitrogen and oxygen atoms in total. The first-order valence-electron chi connectivity index (χ1n) is 7.63. The first kappa shape index (κ1) is 16.4. The molecule has 3 rings (SSSR count). The van der Waals surface area contributed by atoms with Gasteiger partial charge in [-0.3, -0.25) is 9.35 Å². The van der Waals surface area contributed by atoms with Crippen LogP contribution in [0.1, 0.15) is 25.7 Å². The van der Waals surface area contributed by atoms with Crippen molar-refractivity contribution in [2.24, 2.45) is 0 Å². The Morgan fingerprint density at radius 3 is 2.83 bits per heavy atom. The minimum absolute atomic E-state index is 0.202. The number of rotatable bonds is 5. The maximum Gasteiger partial charge on any atom is 0.418 e. The zero-order valence-corrected chi connectivity index (χ0v) is 13.3. The average Bonchev–Trinajstić information content (AvgIpc) is 3.08. The maximum absolute atomic E-state index is 12.3. The number of nitrogens with zero attached hydrogens (tertiary/aromatic N) is 2. The van der Waals surface area contributed by atoms with Crippen molar-refractivity contribution in [2.75, 3.05) is 19.6 Å². The van der Waals surface area contributed by atoms with Crippen molar-refractivity contribution in [3.05, 3.63) is 0 Å². The summed E-state index contributed by atoms with van der Waals surface area (Å²) < 4.78 is 34.7. The van der Waals surface area contributed by atoms with E-state index in [4.69, 9.17) is 4.55 Å². The largest absolute Gasteiger partial charge is 0.418 e. The number of nitrogens with one attached hydrogen (secondary N) is 2. The molecule has 23 heavy (non-hydrogen) atoms. The van der Waals surface area contributed by atoms with Crippen LogP contribution < -0.4 is 10.6 Å². The van der Waals surface area contributed by atoms with Gasteiger partial charge in [-0.05, 0) is 32.2 Å². The smallest absolute Gasteiger partial charge is 0.353 e. The van der Waals surface area contributed by atoms with Crippen molar-refractivity contribution in [1.29, 1.82) is 0 Å². The number of carbonyl (C=O) groups is 2. The third kappa shape index (κ3) is 3.57. The topological polar surface area (TPSA) is 128 Å². The highest BCUT2D eigenvalue weighted by Crippen LogP contribution is 2.30. The Labute approximate surface area is 134 Å². The van der Waals surface area contributed by atoms with E-state index in [-0.39, 0.29) is 18.5 Å². The number of hydroxylamine groups is 2. The summed E-state index contributed by atoms with van der Waals surface area (Å²) in [4.78, 5) is 25.8.